The lowest BCUT2D eigenvalue weighted by atomic mass is 10.1. The number of hydrogen-bond acceptors (Lipinski definition) is 3. The molecule has 6 heteroatoms. The van der Waals surface area contributed by atoms with Gasteiger partial charge in [0.15, 0.2) is 0 Å². The minimum atomic E-state index is -1.18. The zero-order chi connectivity index (χ0) is 14.4. The molecule has 0 fully saturated rings. The Balaban J connectivity index is 2.73. The van der Waals surface area contributed by atoms with E-state index >= 15 is 0 Å². The average Bonchev–Trinajstić information content (AvgIpc) is 2.30. The number of carbonyl (C=O) groups excluding carboxylic acids is 2. The Morgan fingerprint density at radius 2 is 1.74 bits per heavy atom. The molecule has 102 valence electrons. The quantitative estimate of drug-likeness (QED) is 0.751. The average molecular weight is 264 g/mol. The third-order valence-electron chi connectivity index (χ3n) is 2.50. The number of rotatable bonds is 6. The van der Waals surface area contributed by atoms with Gasteiger partial charge in [0.05, 0.1) is 13.0 Å². The minimum absolute atomic E-state index is 0.0425. The summed E-state index contributed by atoms with van der Waals surface area (Å²) in [7, 11) is 0. The van der Waals surface area contributed by atoms with E-state index in [0.717, 1.165) is 16.0 Å². The number of primary amides is 1. The van der Waals surface area contributed by atoms with E-state index < -0.39 is 30.9 Å². The lowest BCUT2D eigenvalue weighted by Gasteiger charge is -2.18. The van der Waals surface area contributed by atoms with E-state index in [9.17, 15) is 14.4 Å². The van der Waals surface area contributed by atoms with E-state index in [4.69, 9.17) is 10.8 Å². The summed E-state index contributed by atoms with van der Waals surface area (Å²) < 4.78 is 0. The first-order valence-corrected chi connectivity index (χ1v) is 5.72. The highest BCUT2D eigenvalue weighted by Gasteiger charge is 2.18. The molecule has 1 aromatic carbocycles. The van der Waals surface area contributed by atoms with Gasteiger partial charge in [-0.3, -0.25) is 14.4 Å². The van der Waals surface area contributed by atoms with Crippen molar-refractivity contribution in [1.82, 2.24) is 4.90 Å². The van der Waals surface area contributed by atoms with Gasteiger partial charge in [-0.05, 0) is 12.5 Å². The van der Waals surface area contributed by atoms with Crippen LogP contribution < -0.4 is 5.73 Å². The zero-order valence-corrected chi connectivity index (χ0v) is 10.6. The number of benzene rings is 1. The number of nitrogens with zero attached hydrogens (tertiary/aromatic N) is 1. The first-order valence-electron chi connectivity index (χ1n) is 5.72. The van der Waals surface area contributed by atoms with Crippen LogP contribution >= 0.6 is 0 Å². The maximum absolute atomic E-state index is 11.9. The van der Waals surface area contributed by atoms with Crippen LogP contribution in [0.15, 0.2) is 24.3 Å². The Morgan fingerprint density at radius 3 is 2.21 bits per heavy atom. The molecule has 0 atom stereocenters. The smallest absolute Gasteiger partial charge is 0.323 e. The van der Waals surface area contributed by atoms with Crippen LogP contribution in [0, 0.1) is 6.92 Å². The molecule has 1 aromatic rings. The molecule has 6 nitrogen and oxygen atoms in total. The molecule has 19 heavy (non-hydrogen) atoms. The van der Waals surface area contributed by atoms with Gasteiger partial charge in [0.1, 0.15) is 6.54 Å². The number of aryl methyl sites for hydroxylation is 1. The van der Waals surface area contributed by atoms with Crippen molar-refractivity contribution >= 4 is 17.8 Å². The van der Waals surface area contributed by atoms with Gasteiger partial charge >= 0.3 is 5.97 Å². The molecule has 0 saturated heterocycles. The van der Waals surface area contributed by atoms with Crippen LogP contribution in [0.2, 0.25) is 0 Å². The molecule has 0 aromatic heterocycles. The Morgan fingerprint density at radius 1 is 1.16 bits per heavy atom. The number of amides is 2. The summed E-state index contributed by atoms with van der Waals surface area (Å²) in [6.45, 7) is 1.00. The molecular formula is C13H16N2O4. The predicted octanol–water partition coefficient (Wildman–Crippen LogP) is -0.0640. The van der Waals surface area contributed by atoms with Gasteiger partial charge < -0.3 is 15.7 Å². The van der Waals surface area contributed by atoms with E-state index in [0.29, 0.717) is 0 Å². The van der Waals surface area contributed by atoms with Crippen LogP contribution in [0.3, 0.4) is 0 Å². The third kappa shape index (κ3) is 5.20. The van der Waals surface area contributed by atoms with Gasteiger partial charge in [-0.15, -0.1) is 0 Å². The monoisotopic (exact) mass is 264 g/mol. The third-order valence-corrected chi connectivity index (χ3v) is 2.50. The fraction of sp³-hybridized carbons (Fsp3) is 0.308. The van der Waals surface area contributed by atoms with Crippen LogP contribution in [0.4, 0.5) is 0 Å². The Kier molecular flexibility index (Phi) is 5.05. The Labute approximate surface area is 110 Å². The second kappa shape index (κ2) is 6.53. The topological polar surface area (TPSA) is 101 Å². The second-order valence-corrected chi connectivity index (χ2v) is 4.27. The standard InChI is InChI=1S/C13H16N2O4/c1-9-2-4-10(5-3-9)6-12(17)15(7-11(14)16)8-13(18)19/h2-5H,6-8H2,1H3,(H2,14,16)(H,18,19). The van der Waals surface area contributed by atoms with Crippen molar-refractivity contribution in [2.24, 2.45) is 5.73 Å². The highest BCUT2D eigenvalue weighted by Crippen LogP contribution is 2.06. The molecule has 3 N–H and O–H groups in total. The van der Waals surface area contributed by atoms with Crippen LogP contribution in [0.25, 0.3) is 0 Å². The first kappa shape index (κ1) is 14.7. The van der Waals surface area contributed by atoms with E-state index in [1.165, 1.54) is 0 Å². The van der Waals surface area contributed by atoms with E-state index in [1.54, 1.807) is 12.1 Å². The summed E-state index contributed by atoms with van der Waals surface area (Å²) in [6, 6.07) is 7.30. The fourth-order valence-electron chi connectivity index (χ4n) is 1.58. The van der Waals surface area contributed by atoms with Crippen LogP contribution in [0.5, 0.6) is 0 Å². The van der Waals surface area contributed by atoms with Gasteiger partial charge in [-0.2, -0.15) is 0 Å². The molecule has 0 heterocycles. The highest BCUT2D eigenvalue weighted by atomic mass is 16.4. The second-order valence-electron chi connectivity index (χ2n) is 4.27. The fourth-order valence-corrected chi connectivity index (χ4v) is 1.58. The van der Waals surface area contributed by atoms with Gasteiger partial charge in [0.2, 0.25) is 11.8 Å². The summed E-state index contributed by atoms with van der Waals surface area (Å²) in [5, 5.41) is 8.70. The van der Waals surface area contributed by atoms with Gasteiger partial charge in [0.25, 0.3) is 0 Å². The molecule has 0 aliphatic heterocycles. The molecule has 0 spiro atoms. The molecule has 0 radical (unpaired) electrons. The number of aliphatic carboxylic acids is 1. The van der Waals surface area contributed by atoms with E-state index in [1.807, 2.05) is 19.1 Å². The largest absolute Gasteiger partial charge is 0.480 e. The van der Waals surface area contributed by atoms with Crippen molar-refractivity contribution in [3.8, 4) is 0 Å². The van der Waals surface area contributed by atoms with Crippen molar-refractivity contribution in [2.75, 3.05) is 13.1 Å². The van der Waals surface area contributed by atoms with Crippen molar-refractivity contribution in [3.63, 3.8) is 0 Å². The van der Waals surface area contributed by atoms with Crippen molar-refractivity contribution in [2.45, 2.75) is 13.3 Å². The maximum atomic E-state index is 11.9. The predicted molar refractivity (Wildman–Crippen MR) is 68.3 cm³/mol. The number of nitrogens with two attached hydrogens (primary N) is 1. The molecule has 0 saturated carbocycles. The summed E-state index contributed by atoms with van der Waals surface area (Å²) in [6.07, 6.45) is 0.0425. The maximum Gasteiger partial charge on any atom is 0.323 e. The van der Waals surface area contributed by atoms with Gasteiger partial charge in [-0.25, -0.2) is 0 Å². The van der Waals surface area contributed by atoms with E-state index in [2.05, 4.69) is 0 Å². The Bertz CT molecular complexity index is 466. The molecular weight excluding hydrogens is 248 g/mol. The minimum Gasteiger partial charge on any atom is -0.480 e. The SMILES string of the molecule is Cc1ccc(CC(=O)N(CC(N)=O)CC(=O)O)cc1. The van der Waals surface area contributed by atoms with Crippen LogP contribution in [-0.2, 0) is 20.8 Å². The van der Waals surface area contributed by atoms with E-state index in [-0.39, 0.29) is 6.42 Å². The van der Waals surface area contributed by atoms with Crippen LogP contribution in [-0.4, -0.2) is 40.9 Å². The number of hydrogen-bond donors (Lipinski definition) is 2. The summed E-state index contributed by atoms with van der Waals surface area (Å²) in [4.78, 5) is 34.3. The number of carboxylic acids is 1. The Hall–Kier alpha value is -2.37. The number of carbonyl (C=O) groups is 3. The van der Waals surface area contributed by atoms with Gasteiger partial charge in [0, 0.05) is 0 Å². The van der Waals surface area contributed by atoms with Gasteiger partial charge in [-0.1, -0.05) is 29.8 Å². The summed E-state index contributed by atoms with van der Waals surface area (Å²) in [5.74, 6) is -2.36. The molecule has 0 aliphatic rings. The molecule has 0 aliphatic carbocycles. The molecule has 0 bridgehead atoms. The van der Waals surface area contributed by atoms with Crippen molar-refractivity contribution in [1.29, 1.82) is 0 Å². The lowest BCUT2D eigenvalue weighted by Crippen LogP contribution is -2.42. The molecule has 0 unspecified atom stereocenters. The lowest BCUT2D eigenvalue weighted by molar-refractivity contribution is -0.145. The molecule has 2 amide bonds. The number of carboxylic acid groups (broad SMARTS) is 1. The first-order chi connectivity index (χ1) is 8.88. The highest BCUT2D eigenvalue weighted by molar-refractivity contribution is 5.87. The zero-order valence-electron chi connectivity index (χ0n) is 10.6. The summed E-state index contributed by atoms with van der Waals surface area (Å²) in [5.41, 5.74) is 6.82. The van der Waals surface area contributed by atoms with Crippen LogP contribution in [0.1, 0.15) is 11.1 Å². The molecule has 1 rings (SSSR count). The van der Waals surface area contributed by atoms with Crippen molar-refractivity contribution < 1.29 is 19.5 Å². The van der Waals surface area contributed by atoms with Crippen molar-refractivity contribution in [3.05, 3.63) is 35.4 Å². The summed E-state index contributed by atoms with van der Waals surface area (Å²) >= 11 is 0. The normalized spacial score (nSPS) is 9.95.